The zero-order valence-corrected chi connectivity index (χ0v) is 8.80. The van der Waals surface area contributed by atoms with Crippen molar-refractivity contribution in [2.45, 2.75) is 25.3 Å². The Balaban J connectivity index is 2.11. The first-order chi connectivity index (χ1) is 7.68. The van der Waals surface area contributed by atoms with Crippen LogP contribution in [-0.4, -0.2) is 18.4 Å². The van der Waals surface area contributed by atoms with Crippen molar-refractivity contribution >= 4 is 5.78 Å². The predicted molar refractivity (Wildman–Crippen MR) is 56.3 cm³/mol. The molecule has 1 aromatic carbocycles. The van der Waals surface area contributed by atoms with Gasteiger partial charge in [-0.1, -0.05) is 6.07 Å². The maximum Gasteiger partial charge on any atom is 0.169 e. The van der Waals surface area contributed by atoms with Crippen LogP contribution in [0.3, 0.4) is 0 Å². The van der Waals surface area contributed by atoms with Gasteiger partial charge in [0.2, 0.25) is 0 Å². The summed E-state index contributed by atoms with van der Waals surface area (Å²) in [5.41, 5.74) is -0.145. The van der Waals surface area contributed by atoms with Crippen LogP contribution in [0.1, 0.15) is 29.6 Å². The smallest absolute Gasteiger partial charge is 0.169 e. The maximum atomic E-state index is 13.3. The summed E-state index contributed by atoms with van der Waals surface area (Å²) in [5.74, 6) is -2.34. The second-order valence-electron chi connectivity index (χ2n) is 4.02. The molecule has 0 spiro atoms. The maximum absolute atomic E-state index is 13.3. The Kier molecular flexibility index (Phi) is 3.29. The summed E-state index contributed by atoms with van der Waals surface area (Å²) < 4.78 is 26.2. The molecule has 2 rings (SSSR count). The van der Waals surface area contributed by atoms with Crippen molar-refractivity contribution in [2.24, 2.45) is 0 Å². The van der Waals surface area contributed by atoms with Crippen LogP contribution in [0.15, 0.2) is 18.2 Å². The molecule has 1 aliphatic heterocycles. The third-order valence-corrected chi connectivity index (χ3v) is 2.85. The Morgan fingerprint density at radius 3 is 2.94 bits per heavy atom. The molecule has 0 aliphatic carbocycles. The Morgan fingerprint density at radius 2 is 2.25 bits per heavy atom. The van der Waals surface area contributed by atoms with Gasteiger partial charge in [0.05, 0.1) is 5.56 Å². The lowest BCUT2D eigenvalue weighted by Crippen LogP contribution is -2.25. The molecule has 2 nitrogen and oxygen atoms in total. The van der Waals surface area contributed by atoms with Crippen molar-refractivity contribution in [1.82, 2.24) is 5.32 Å². The SMILES string of the molecule is O=C(CC1CCCN1)c1cccc(F)c1F. The molecule has 0 saturated carbocycles. The van der Waals surface area contributed by atoms with Crippen molar-refractivity contribution in [3.05, 3.63) is 35.4 Å². The molecule has 1 saturated heterocycles. The fourth-order valence-electron chi connectivity index (χ4n) is 1.98. The quantitative estimate of drug-likeness (QED) is 0.800. The fourth-order valence-corrected chi connectivity index (χ4v) is 1.98. The van der Waals surface area contributed by atoms with Crippen LogP contribution in [0.2, 0.25) is 0 Å². The molecule has 1 aromatic rings. The lowest BCUT2D eigenvalue weighted by Gasteiger charge is -2.09. The van der Waals surface area contributed by atoms with Gasteiger partial charge in [-0.3, -0.25) is 4.79 Å². The first-order valence-corrected chi connectivity index (χ1v) is 5.39. The standard InChI is InChI=1S/C12H13F2NO/c13-10-5-1-4-9(12(10)14)11(16)7-8-3-2-6-15-8/h1,4-5,8,15H,2-3,6-7H2. The van der Waals surface area contributed by atoms with Crippen LogP contribution in [-0.2, 0) is 0 Å². The minimum absolute atomic E-state index is 0.107. The lowest BCUT2D eigenvalue weighted by molar-refractivity contribution is 0.0966. The molecule has 0 amide bonds. The Bertz CT molecular complexity index is 400. The van der Waals surface area contributed by atoms with Gasteiger partial charge in [0.25, 0.3) is 0 Å². The van der Waals surface area contributed by atoms with E-state index in [1.165, 1.54) is 12.1 Å². The summed E-state index contributed by atoms with van der Waals surface area (Å²) in [6.45, 7) is 0.892. The van der Waals surface area contributed by atoms with Crippen LogP contribution >= 0.6 is 0 Å². The minimum Gasteiger partial charge on any atom is -0.314 e. The van der Waals surface area contributed by atoms with Crippen LogP contribution in [0.5, 0.6) is 0 Å². The molecular formula is C12H13F2NO. The van der Waals surface area contributed by atoms with E-state index in [1.54, 1.807) is 0 Å². The summed E-state index contributed by atoms with van der Waals surface area (Å²) in [6.07, 6.45) is 2.19. The van der Waals surface area contributed by atoms with Gasteiger partial charge in [-0.05, 0) is 31.5 Å². The largest absolute Gasteiger partial charge is 0.314 e. The second kappa shape index (κ2) is 4.70. The van der Waals surface area contributed by atoms with Crippen molar-refractivity contribution < 1.29 is 13.6 Å². The van der Waals surface area contributed by atoms with Gasteiger partial charge in [-0.2, -0.15) is 0 Å². The van der Waals surface area contributed by atoms with E-state index in [0.29, 0.717) is 0 Å². The zero-order valence-electron chi connectivity index (χ0n) is 8.80. The number of ketones is 1. The first kappa shape index (κ1) is 11.2. The molecular weight excluding hydrogens is 212 g/mol. The van der Waals surface area contributed by atoms with Crippen molar-refractivity contribution in [2.75, 3.05) is 6.54 Å². The van der Waals surface area contributed by atoms with E-state index in [9.17, 15) is 13.6 Å². The van der Waals surface area contributed by atoms with E-state index in [2.05, 4.69) is 5.32 Å². The van der Waals surface area contributed by atoms with E-state index in [1.807, 2.05) is 0 Å². The Hall–Kier alpha value is -1.29. The van der Waals surface area contributed by atoms with E-state index < -0.39 is 11.6 Å². The highest BCUT2D eigenvalue weighted by molar-refractivity contribution is 5.96. The van der Waals surface area contributed by atoms with Gasteiger partial charge in [0.15, 0.2) is 17.4 Å². The monoisotopic (exact) mass is 225 g/mol. The van der Waals surface area contributed by atoms with Crippen LogP contribution in [0.4, 0.5) is 8.78 Å². The van der Waals surface area contributed by atoms with E-state index in [0.717, 1.165) is 25.5 Å². The predicted octanol–water partition coefficient (Wildman–Crippen LogP) is 2.29. The van der Waals surface area contributed by atoms with Crippen LogP contribution in [0.25, 0.3) is 0 Å². The van der Waals surface area contributed by atoms with Gasteiger partial charge in [-0.15, -0.1) is 0 Å². The average molecular weight is 225 g/mol. The molecule has 1 N–H and O–H groups in total. The van der Waals surface area contributed by atoms with Crippen LogP contribution < -0.4 is 5.32 Å². The third kappa shape index (κ3) is 2.27. The van der Waals surface area contributed by atoms with Crippen molar-refractivity contribution in [1.29, 1.82) is 0 Å². The average Bonchev–Trinajstić information content (AvgIpc) is 2.74. The first-order valence-electron chi connectivity index (χ1n) is 5.39. The number of carbonyl (C=O) groups is 1. The molecule has 0 radical (unpaired) electrons. The number of rotatable bonds is 3. The van der Waals surface area contributed by atoms with Gasteiger partial charge < -0.3 is 5.32 Å². The molecule has 0 aromatic heterocycles. The molecule has 1 atom stereocenters. The Morgan fingerprint density at radius 1 is 1.44 bits per heavy atom. The van der Waals surface area contributed by atoms with Crippen LogP contribution in [0, 0.1) is 11.6 Å². The highest BCUT2D eigenvalue weighted by Crippen LogP contribution is 2.17. The van der Waals surface area contributed by atoms with E-state index in [4.69, 9.17) is 0 Å². The number of carbonyl (C=O) groups excluding carboxylic acids is 1. The summed E-state index contributed by atoms with van der Waals surface area (Å²) in [6, 6.07) is 3.80. The molecule has 1 unspecified atom stereocenters. The summed E-state index contributed by atoms with van der Waals surface area (Å²) in [5, 5.41) is 3.15. The molecule has 4 heteroatoms. The van der Waals surface area contributed by atoms with Gasteiger partial charge in [0, 0.05) is 12.5 Å². The summed E-state index contributed by atoms with van der Waals surface area (Å²) in [7, 11) is 0. The van der Waals surface area contributed by atoms with E-state index >= 15 is 0 Å². The summed E-state index contributed by atoms with van der Waals surface area (Å²) in [4.78, 5) is 11.7. The Labute approximate surface area is 92.7 Å². The number of halogens is 2. The number of hydrogen-bond donors (Lipinski definition) is 1. The topological polar surface area (TPSA) is 29.1 Å². The van der Waals surface area contributed by atoms with Crippen molar-refractivity contribution in [3.63, 3.8) is 0 Å². The number of Topliss-reactive ketones (excluding diaryl/α,β-unsaturated/α-hetero) is 1. The third-order valence-electron chi connectivity index (χ3n) is 2.85. The van der Waals surface area contributed by atoms with E-state index in [-0.39, 0.29) is 23.8 Å². The van der Waals surface area contributed by atoms with Gasteiger partial charge in [-0.25, -0.2) is 8.78 Å². The van der Waals surface area contributed by atoms with Gasteiger partial charge >= 0.3 is 0 Å². The second-order valence-corrected chi connectivity index (χ2v) is 4.02. The molecule has 16 heavy (non-hydrogen) atoms. The highest BCUT2D eigenvalue weighted by Gasteiger charge is 2.21. The molecule has 86 valence electrons. The highest BCUT2D eigenvalue weighted by atomic mass is 19.2. The fraction of sp³-hybridized carbons (Fsp3) is 0.417. The summed E-state index contributed by atoms with van der Waals surface area (Å²) >= 11 is 0. The molecule has 1 heterocycles. The number of nitrogens with one attached hydrogen (secondary N) is 1. The normalized spacial score (nSPS) is 20.0. The number of hydrogen-bond acceptors (Lipinski definition) is 2. The lowest BCUT2D eigenvalue weighted by atomic mass is 10.0. The zero-order chi connectivity index (χ0) is 11.5. The molecule has 1 fully saturated rings. The van der Waals surface area contributed by atoms with Crippen molar-refractivity contribution in [3.8, 4) is 0 Å². The van der Waals surface area contributed by atoms with Gasteiger partial charge in [0.1, 0.15) is 0 Å². The minimum atomic E-state index is -1.04. The molecule has 0 bridgehead atoms. The number of benzene rings is 1. The molecule has 1 aliphatic rings.